The number of rotatable bonds is 5. The van der Waals surface area contributed by atoms with Gasteiger partial charge in [0, 0.05) is 30.1 Å². The SMILES string of the molecule is CC(C)Cn1c(N(C)C(=O)O)c(-c2ccccc2)c2cc(C(N)=NO)ccc2c1=O. The minimum absolute atomic E-state index is 0.101. The van der Waals surface area contributed by atoms with Gasteiger partial charge in [-0.3, -0.25) is 14.3 Å². The van der Waals surface area contributed by atoms with E-state index < -0.39 is 6.09 Å². The number of amidine groups is 1. The van der Waals surface area contributed by atoms with Gasteiger partial charge in [-0.1, -0.05) is 55.4 Å². The van der Waals surface area contributed by atoms with Crippen molar-refractivity contribution in [1.29, 1.82) is 0 Å². The number of carbonyl (C=O) groups is 1. The molecule has 1 amide bonds. The summed E-state index contributed by atoms with van der Waals surface area (Å²) in [5.41, 5.74) is 7.23. The lowest BCUT2D eigenvalue weighted by molar-refractivity contribution is 0.203. The molecule has 0 bridgehead atoms. The summed E-state index contributed by atoms with van der Waals surface area (Å²) in [5, 5.41) is 22.8. The van der Waals surface area contributed by atoms with E-state index >= 15 is 0 Å². The first-order valence-corrected chi connectivity index (χ1v) is 9.46. The molecule has 0 aliphatic carbocycles. The van der Waals surface area contributed by atoms with Crippen molar-refractivity contribution in [2.24, 2.45) is 16.8 Å². The van der Waals surface area contributed by atoms with Crippen molar-refractivity contribution in [3.8, 4) is 11.1 Å². The fraction of sp³-hybridized carbons (Fsp3) is 0.227. The van der Waals surface area contributed by atoms with Crippen molar-refractivity contribution in [2.75, 3.05) is 11.9 Å². The summed E-state index contributed by atoms with van der Waals surface area (Å²) >= 11 is 0. The van der Waals surface area contributed by atoms with Gasteiger partial charge in [0.2, 0.25) is 0 Å². The van der Waals surface area contributed by atoms with Gasteiger partial charge in [-0.05, 0) is 29.0 Å². The molecule has 3 aromatic rings. The zero-order chi connectivity index (χ0) is 22.0. The molecule has 0 saturated carbocycles. The van der Waals surface area contributed by atoms with Gasteiger partial charge in [0.1, 0.15) is 5.82 Å². The van der Waals surface area contributed by atoms with Crippen molar-refractivity contribution in [1.82, 2.24) is 4.57 Å². The zero-order valence-electron chi connectivity index (χ0n) is 17.0. The normalized spacial score (nSPS) is 11.8. The fourth-order valence-corrected chi connectivity index (χ4v) is 3.51. The Balaban J connectivity index is 2.57. The molecule has 2 aromatic carbocycles. The number of hydrogen-bond donors (Lipinski definition) is 3. The van der Waals surface area contributed by atoms with Crippen molar-refractivity contribution >= 4 is 28.5 Å². The van der Waals surface area contributed by atoms with Crippen LogP contribution in [0.25, 0.3) is 21.9 Å². The number of benzene rings is 2. The maximum atomic E-state index is 13.4. The first-order chi connectivity index (χ1) is 14.3. The van der Waals surface area contributed by atoms with Crippen LogP contribution in [0, 0.1) is 5.92 Å². The number of amides is 1. The van der Waals surface area contributed by atoms with Crippen molar-refractivity contribution in [3.63, 3.8) is 0 Å². The van der Waals surface area contributed by atoms with Crippen LogP contribution in [0.5, 0.6) is 0 Å². The van der Waals surface area contributed by atoms with Gasteiger partial charge in [0.05, 0.1) is 0 Å². The summed E-state index contributed by atoms with van der Waals surface area (Å²) in [4.78, 5) is 26.4. The average molecular weight is 408 g/mol. The Hall–Kier alpha value is -3.81. The Kier molecular flexibility index (Phi) is 5.77. The van der Waals surface area contributed by atoms with E-state index in [-0.39, 0.29) is 23.1 Å². The summed E-state index contributed by atoms with van der Waals surface area (Å²) in [6.45, 7) is 4.28. The van der Waals surface area contributed by atoms with E-state index in [0.717, 1.165) is 10.5 Å². The number of hydrogen-bond acceptors (Lipinski definition) is 4. The molecule has 0 aliphatic heterocycles. The van der Waals surface area contributed by atoms with Gasteiger partial charge in [0.25, 0.3) is 5.56 Å². The lowest BCUT2D eigenvalue weighted by Crippen LogP contribution is -2.34. The fourth-order valence-electron chi connectivity index (χ4n) is 3.51. The quantitative estimate of drug-likeness (QED) is 0.258. The van der Waals surface area contributed by atoms with Crippen LogP contribution in [0.3, 0.4) is 0 Å². The molecular weight excluding hydrogens is 384 g/mol. The third kappa shape index (κ3) is 3.71. The molecule has 0 saturated heterocycles. The standard InChI is InChI=1S/C22H24N4O4/c1-13(2)12-26-20(25(3)22(28)29)18(14-7-5-4-6-8-14)17-11-15(19(23)24-30)9-10-16(17)21(26)27/h4-11,13,30H,12H2,1-3H3,(H2,23,24)(H,28,29). The van der Waals surface area contributed by atoms with E-state index in [1.807, 2.05) is 44.2 Å². The van der Waals surface area contributed by atoms with Crippen LogP contribution in [-0.2, 0) is 6.54 Å². The smallest absolute Gasteiger partial charge is 0.412 e. The first-order valence-electron chi connectivity index (χ1n) is 9.46. The Morgan fingerprint density at radius 2 is 1.83 bits per heavy atom. The maximum absolute atomic E-state index is 13.4. The molecule has 8 nitrogen and oxygen atoms in total. The molecule has 0 atom stereocenters. The molecule has 8 heteroatoms. The van der Waals surface area contributed by atoms with Crippen LogP contribution in [0.4, 0.5) is 10.6 Å². The number of aromatic nitrogens is 1. The highest BCUT2D eigenvalue weighted by atomic mass is 16.4. The number of carboxylic acid groups (broad SMARTS) is 1. The van der Waals surface area contributed by atoms with Gasteiger partial charge in [0.15, 0.2) is 5.84 Å². The molecule has 30 heavy (non-hydrogen) atoms. The molecule has 1 heterocycles. The molecule has 0 spiro atoms. The summed E-state index contributed by atoms with van der Waals surface area (Å²) in [7, 11) is 1.42. The number of nitrogens with zero attached hydrogens (tertiary/aromatic N) is 3. The number of oxime groups is 1. The second-order valence-corrected chi connectivity index (χ2v) is 7.46. The van der Waals surface area contributed by atoms with Gasteiger partial charge in [-0.25, -0.2) is 4.79 Å². The second kappa shape index (κ2) is 8.28. The van der Waals surface area contributed by atoms with Crippen LogP contribution in [0.15, 0.2) is 58.5 Å². The largest absolute Gasteiger partial charge is 0.465 e. The Bertz CT molecular complexity index is 1180. The highest BCUT2D eigenvalue weighted by molar-refractivity contribution is 6.08. The van der Waals surface area contributed by atoms with E-state index in [0.29, 0.717) is 28.4 Å². The Morgan fingerprint density at radius 1 is 1.17 bits per heavy atom. The van der Waals surface area contributed by atoms with Gasteiger partial charge < -0.3 is 16.0 Å². The minimum atomic E-state index is -1.18. The predicted molar refractivity (Wildman–Crippen MR) is 117 cm³/mol. The van der Waals surface area contributed by atoms with E-state index in [1.54, 1.807) is 18.2 Å². The third-order valence-corrected chi connectivity index (χ3v) is 4.86. The molecule has 3 rings (SSSR count). The van der Waals surface area contributed by atoms with E-state index in [1.165, 1.54) is 11.6 Å². The lowest BCUT2D eigenvalue weighted by atomic mass is 9.96. The first kappa shape index (κ1) is 20.9. The van der Waals surface area contributed by atoms with Crippen LogP contribution < -0.4 is 16.2 Å². The van der Waals surface area contributed by atoms with Gasteiger partial charge in [-0.15, -0.1) is 0 Å². The molecule has 0 unspecified atom stereocenters. The third-order valence-electron chi connectivity index (χ3n) is 4.86. The monoisotopic (exact) mass is 408 g/mol. The zero-order valence-corrected chi connectivity index (χ0v) is 17.0. The van der Waals surface area contributed by atoms with E-state index in [2.05, 4.69) is 5.16 Å². The second-order valence-electron chi connectivity index (χ2n) is 7.46. The lowest BCUT2D eigenvalue weighted by Gasteiger charge is -2.26. The number of anilines is 1. The Morgan fingerprint density at radius 3 is 2.40 bits per heavy atom. The van der Waals surface area contributed by atoms with Crippen LogP contribution in [0.2, 0.25) is 0 Å². The molecule has 0 aliphatic rings. The minimum Gasteiger partial charge on any atom is -0.465 e. The highest BCUT2D eigenvalue weighted by Gasteiger charge is 2.24. The van der Waals surface area contributed by atoms with Crippen LogP contribution >= 0.6 is 0 Å². The molecule has 0 radical (unpaired) electrons. The average Bonchev–Trinajstić information content (AvgIpc) is 2.74. The summed E-state index contributed by atoms with van der Waals surface area (Å²) < 4.78 is 1.51. The topological polar surface area (TPSA) is 121 Å². The molecule has 1 aromatic heterocycles. The van der Waals surface area contributed by atoms with Gasteiger partial charge in [-0.2, -0.15) is 0 Å². The predicted octanol–water partition coefficient (Wildman–Crippen LogP) is 3.53. The van der Waals surface area contributed by atoms with Crippen molar-refractivity contribution in [2.45, 2.75) is 20.4 Å². The van der Waals surface area contributed by atoms with Gasteiger partial charge >= 0.3 is 6.09 Å². The summed E-state index contributed by atoms with van der Waals surface area (Å²) in [5.74, 6) is 0.285. The number of fused-ring (bicyclic) bond motifs is 1. The molecule has 4 N–H and O–H groups in total. The summed E-state index contributed by atoms with van der Waals surface area (Å²) in [6.07, 6.45) is -1.18. The molecule has 156 valence electrons. The Labute approximate surface area is 173 Å². The number of pyridine rings is 1. The van der Waals surface area contributed by atoms with E-state index in [9.17, 15) is 14.7 Å². The van der Waals surface area contributed by atoms with Crippen molar-refractivity contribution in [3.05, 3.63) is 64.4 Å². The van der Waals surface area contributed by atoms with Crippen LogP contribution in [-0.4, -0.2) is 33.9 Å². The maximum Gasteiger partial charge on any atom is 0.412 e. The molecular formula is C22H24N4O4. The van der Waals surface area contributed by atoms with Crippen LogP contribution in [0.1, 0.15) is 19.4 Å². The number of nitrogens with two attached hydrogens (primary N) is 1. The molecule has 0 fully saturated rings. The van der Waals surface area contributed by atoms with Crippen molar-refractivity contribution < 1.29 is 15.1 Å². The van der Waals surface area contributed by atoms with E-state index in [4.69, 9.17) is 10.9 Å². The highest BCUT2D eigenvalue weighted by Crippen LogP contribution is 2.36. The summed E-state index contributed by atoms with van der Waals surface area (Å²) in [6, 6.07) is 14.1.